The first kappa shape index (κ1) is 46.0. The third kappa shape index (κ3) is 6.36. The number of thiophene rings is 1. The van der Waals surface area contributed by atoms with E-state index in [1.165, 1.54) is 151 Å². The van der Waals surface area contributed by atoms with Crippen molar-refractivity contribution in [3.8, 4) is 22.3 Å². The summed E-state index contributed by atoms with van der Waals surface area (Å²) in [5.41, 5.74) is 26.2. The molecule has 0 saturated heterocycles. The van der Waals surface area contributed by atoms with Crippen molar-refractivity contribution < 1.29 is 0 Å². The smallest absolute Gasteiger partial charge is 0.252 e. The van der Waals surface area contributed by atoms with E-state index in [2.05, 4.69) is 252 Å². The lowest BCUT2D eigenvalue weighted by Gasteiger charge is -2.51. The SMILES string of the molecule is CC(C)(C)c1ccc2c(c1)B1c3ccc4c(c3N(c3ccc(C(C)(C)C)cc3-c3ccccc3)c3cc(N5c6ccccc6C6(C)CCCCC56C)cc(c31)N2c1cccc2c1sc1ccccc12)Cc1ccccc1-4. The third-order valence-electron chi connectivity index (χ3n) is 18.9. The van der Waals surface area contributed by atoms with Gasteiger partial charge in [-0.2, -0.15) is 0 Å². The second-order valence-electron chi connectivity index (χ2n) is 25.2. The molecule has 1 aromatic heterocycles. The molecule has 0 bridgehead atoms. The number of fused-ring (bicyclic) bond motifs is 14. The molecular formula is C71H64BN3S. The molecule has 0 amide bonds. The van der Waals surface area contributed by atoms with Gasteiger partial charge in [0.15, 0.2) is 0 Å². The van der Waals surface area contributed by atoms with Crippen LogP contribution in [0.5, 0.6) is 0 Å². The summed E-state index contributed by atoms with van der Waals surface area (Å²) in [5, 5.41) is 2.63. The molecule has 1 saturated carbocycles. The largest absolute Gasteiger partial charge is 0.334 e. The average Bonchev–Trinajstić information content (AvgIpc) is 4.06. The van der Waals surface area contributed by atoms with Crippen LogP contribution in [0.1, 0.15) is 109 Å². The maximum absolute atomic E-state index is 2.82. The monoisotopic (exact) mass is 1000 g/mol. The molecular weight excluding hydrogens is 938 g/mol. The lowest BCUT2D eigenvalue weighted by molar-refractivity contribution is 0.195. The molecule has 0 radical (unpaired) electrons. The van der Waals surface area contributed by atoms with Gasteiger partial charge >= 0.3 is 0 Å². The van der Waals surface area contributed by atoms with Crippen molar-refractivity contribution in [2.24, 2.45) is 0 Å². The van der Waals surface area contributed by atoms with Crippen molar-refractivity contribution in [1.82, 2.24) is 0 Å². The van der Waals surface area contributed by atoms with Crippen LogP contribution in [0.25, 0.3) is 42.4 Å². The first-order valence-electron chi connectivity index (χ1n) is 27.9. The van der Waals surface area contributed by atoms with E-state index in [1.807, 2.05) is 11.3 Å². The molecule has 4 heterocycles. The second-order valence-corrected chi connectivity index (χ2v) is 26.2. The van der Waals surface area contributed by atoms with Crippen LogP contribution in [0, 0.1) is 0 Å². The number of hydrogen-bond donors (Lipinski definition) is 0. The quantitative estimate of drug-likeness (QED) is 0.163. The number of rotatable bonds is 4. The third-order valence-corrected chi connectivity index (χ3v) is 20.2. The van der Waals surface area contributed by atoms with Crippen LogP contribution in [0.2, 0.25) is 0 Å². The Morgan fingerprint density at radius 1 is 0.500 bits per heavy atom. The number of hydrogen-bond acceptors (Lipinski definition) is 4. The van der Waals surface area contributed by atoms with Crippen LogP contribution >= 0.6 is 11.3 Å². The van der Waals surface area contributed by atoms with E-state index < -0.39 is 0 Å². The number of benzene rings is 9. The minimum Gasteiger partial charge on any atom is -0.334 e. The lowest BCUT2D eigenvalue weighted by Crippen LogP contribution is -2.62. The molecule has 9 aromatic carbocycles. The first-order valence-corrected chi connectivity index (χ1v) is 28.7. The van der Waals surface area contributed by atoms with Gasteiger partial charge in [-0.05, 0) is 140 Å². The zero-order chi connectivity index (χ0) is 51.6. The average molecular weight is 1000 g/mol. The zero-order valence-electron chi connectivity index (χ0n) is 45.2. The van der Waals surface area contributed by atoms with E-state index in [0.717, 1.165) is 12.8 Å². The Hall–Kier alpha value is -7.34. The van der Waals surface area contributed by atoms with Gasteiger partial charge in [0.05, 0.1) is 21.6 Å². The molecule has 372 valence electrons. The van der Waals surface area contributed by atoms with Crippen molar-refractivity contribution in [3.63, 3.8) is 0 Å². The maximum atomic E-state index is 2.82. The molecule has 1 fully saturated rings. The summed E-state index contributed by atoms with van der Waals surface area (Å²) < 4.78 is 2.64. The van der Waals surface area contributed by atoms with Gasteiger partial charge < -0.3 is 14.7 Å². The molecule has 76 heavy (non-hydrogen) atoms. The van der Waals surface area contributed by atoms with Crippen molar-refractivity contribution in [2.75, 3.05) is 14.7 Å². The summed E-state index contributed by atoms with van der Waals surface area (Å²) in [6, 6.07) is 71.1. The number of nitrogens with zero attached hydrogens (tertiary/aromatic N) is 3. The topological polar surface area (TPSA) is 9.72 Å². The summed E-state index contributed by atoms with van der Waals surface area (Å²) in [6.45, 7) is 19.3. The molecule has 15 rings (SSSR count). The normalized spacial score (nSPS) is 19.1. The van der Waals surface area contributed by atoms with E-state index >= 15 is 0 Å². The summed E-state index contributed by atoms with van der Waals surface area (Å²) in [5.74, 6) is 0. The molecule has 3 nitrogen and oxygen atoms in total. The van der Waals surface area contributed by atoms with Gasteiger partial charge in [0.25, 0.3) is 6.71 Å². The van der Waals surface area contributed by atoms with Crippen LogP contribution in [0.3, 0.4) is 0 Å². The molecule has 2 atom stereocenters. The zero-order valence-corrected chi connectivity index (χ0v) is 46.0. The molecule has 3 aliphatic heterocycles. The van der Waals surface area contributed by atoms with Crippen molar-refractivity contribution in [1.29, 1.82) is 0 Å². The van der Waals surface area contributed by atoms with Crippen LogP contribution in [-0.4, -0.2) is 12.3 Å². The fourth-order valence-corrected chi connectivity index (χ4v) is 16.1. The predicted molar refractivity (Wildman–Crippen MR) is 327 cm³/mol. The van der Waals surface area contributed by atoms with Gasteiger partial charge in [-0.15, -0.1) is 11.3 Å². The summed E-state index contributed by atoms with van der Waals surface area (Å²) in [7, 11) is 0. The Balaban J connectivity index is 1.12. The number of para-hydroxylation sites is 1. The van der Waals surface area contributed by atoms with Gasteiger partial charge in [0.2, 0.25) is 0 Å². The highest BCUT2D eigenvalue weighted by Gasteiger charge is 2.58. The van der Waals surface area contributed by atoms with Crippen LogP contribution in [0.4, 0.5) is 45.5 Å². The molecule has 2 aliphatic carbocycles. The fourth-order valence-electron chi connectivity index (χ4n) is 14.9. The molecule has 0 spiro atoms. The highest BCUT2D eigenvalue weighted by atomic mass is 32.1. The second kappa shape index (κ2) is 16.1. The first-order chi connectivity index (χ1) is 36.7. The molecule has 10 aromatic rings. The fraction of sp³-hybridized carbons (Fsp3) is 0.239. The Morgan fingerprint density at radius 3 is 1.99 bits per heavy atom. The van der Waals surface area contributed by atoms with Crippen LogP contribution in [0.15, 0.2) is 182 Å². The summed E-state index contributed by atoms with van der Waals surface area (Å²) >= 11 is 1.93. The highest BCUT2D eigenvalue weighted by Crippen LogP contribution is 2.62. The van der Waals surface area contributed by atoms with E-state index in [9.17, 15) is 0 Å². The van der Waals surface area contributed by atoms with Crippen molar-refractivity contribution >= 4 is 100 Å². The lowest BCUT2D eigenvalue weighted by atomic mass is 9.33. The Labute approximate surface area is 453 Å². The molecule has 5 heteroatoms. The van der Waals surface area contributed by atoms with E-state index in [4.69, 9.17) is 0 Å². The van der Waals surface area contributed by atoms with Gasteiger partial charge in [-0.3, -0.25) is 0 Å². The van der Waals surface area contributed by atoms with Crippen LogP contribution in [-0.2, 0) is 22.7 Å². The molecule has 5 aliphatic rings. The Kier molecular flexibility index (Phi) is 9.75. The molecule has 2 unspecified atom stereocenters. The molecule has 0 N–H and O–H groups in total. The van der Waals surface area contributed by atoms with Crippen molar-refractivity contribution in [3.05, 3.63) is 210 Å². The predicted octanol–water partition coefficient (Wildman–Crippen LogP) is 17.7. The van der Waals surface area contributed by atoms with Gasteiger partial charge in [-0.1, -0.05) is 195 Å². The Bertz CT molecular complexity index is 4080. The minimum atomic E-state index is -0.149. The van der Waals surface area contributed by atoms with Gasteiger partial charge in [0, 0.05) is 67.0 Å². The van der Waals surface area contributed by atoms with E-state index in [0.29, 0.717) is 0 Å². The maximum Gasteiger partial charge on any atom is 0.252 e. The Morgan fingerprint density at radius 2 is 1.17 bits per heavy atom. The minimum absolute atomic E-state index is 0.0159. The van der Waals surface area contributed by atoms with Crippen LogP contribution < -0.4 is 31.1 Å². The van der Waals surface area contributed by atoms with Gasteiger partial charge in [-0.25, -0.2) is 0 Å². The van der Waals surface area contributed by atoms with E-state index in [-0.39, 0.29) is 28.5 Å². The number of anilines is 8. The summed E-state index contributed by atoms with van der Waals surface area (Å²) in [6.07, 6.45) is 5.64. The van der Waals surface area contributed by atoms with Gasteiger partial charge in [0.1, 0.15) is 0 Å². The van der Waals surface area contributed by atoms with Crippen molar-refractivity contribution in [2.45, 2.75) is 109 Å². The standard InChI is InChI=1S/C71H64BN3S/c1-68(2,3)46-31-35-58(53(40-46)44-21-10-9-11-22-44)74-63-43-48(75-59-28-16-15-27-55(59)70(7)37-18-19-38-71(70,75)8)42-62-65(63)72(56-34-33-50-49-24-13-12-23-45(49)39-54(50)66(56)74)57-41-47(69(4,5)6)32-36-60(57)73(62)61-29-20-26-52-51-25-14-17-30-64(51)76-67(52)61/h9-17,20-36,40-43H,18-19,37-39H2,1-8H3. The summed E-state index contributed by atoms with van der Waals surface area (Å²) in [4.78, 5) is 8.30. The van der Waals surface area contributed by atoms with E-state index in [1.54, 1.807) is 0 Å². The highest BCUT2D eigenvalue weighted by molar-refractivity contribution is 7.26.